The summed E-state index contributed by atoms with van der Waals surface area (Å²) in [5.74, 6) is 0.409. The molecular formula is C23H22N8O2. The van der Waals surface area contributed by atoms with Crippen LogP contribution in [0.15, 0.2) is 30.7 Å². The SMILES string of the molecule is Cc1[nH]ncc1-c1cc(C#N)cc(CNC(=O)c2ncnc3nc(C4CCCO4)n(C)c23)c1. The maximum absolute atomic E-state index is 13.1. The van der Waals surface area contributed by atoms with E-state index in [1.807, 2.05) is 24.6 Å². The van der Waals surface area contributed by atoms with Crippen LogP contribution in [0.3, 0.4) is 0 Å². The number of carbonyl (C=O) groups is 1. The van der Waals surface area contributed by atoms with Crippen LogP contribution in [-0.4, -0.2) is 42.2 Å². The Morgan fingerprint density at radius 3 is 2.97 bits per heavy atom. The Balaban J connectivity index is 1.42. The number of amides is 1. The molecule has 5 rings (SSSR count). The summed E-state index contributed by atoms with van der Waals surface area (Å²) in [6.07, 6.45) is 4.84. The van der Waals surface area contributed by atoms with Gasteiger partial charge in [0.25, 0.3) is 5.91 Å². The highest BCUT2D eigenvalue weighted by Crippen LogP contribution is 2.30. The maximum Gasteiger partial charge on any atom is 0.272 e. The van der Waals surface area contributed by atoms with Crippen molar-refractivity contribution in [1.82, 2.24) is 35.0 Å². The second kappa shape index (κ2) is 8.44. The Bertz CT molecular complexity index is 1390. The summed E-state index contributed by atoms with van der Waals surface area (Å²) in [7, 11) is 1.85. The zero-order valence-electron chi connectivity index (χ0n) is 18.3. The number of hydrogen-bond acceptors (Lipinski definition) is 7. The smallest absolute Gasteiger partial charge is 0.272 e. The lowest BCUT2D eigenvalue weighted by atomic mass is 10.0. The van der Waals surface area contributed by atoms with E-state index in [9.17, 15) is 10.1 Å². The number of ether oxygens (including phenoxy) is 1. The summed E-state index contributed by atoms with van der Waals surface area (Å²) in [4.78, 5) is 26.1. The van der Waals surface area contributed by atoms with Crippen molar-refractivity contribution in [3.8, 4) is 17.2 Å². The lowest BCUT2D eigenvalue weighted by Gasteiger charge is -2.10. The Kier molecular flexibility index (Phi) is 5.32. The van der Waals surface area contributed by atoms with Crippen LogP contribution in [0.4, 0.5) is 0 Å². The number of aryl methyl sites for hydroxylation is 2. The molecule has 0 aliphatic carbocycles. The number of aromatic nitrogens is 6. The monoisotopic (exact) mass is 442 g/mol. The van der Waals surface area contributed by atoms with E-state index < -0.39 is 0 Å². The van der Waals surface area contributed by atoms with E-state index >= 15 is 0 Å². The van der Waals surface area contributed by atoms with Gasteiger partial charge in [-0.1, -0.05) is 0 Å². The third-order valence-corrected chi connectivity index (χ3v) is 5.85. The number of fused-ring (bicyclic) bond motifs is 1. The number of aromatic amines is 1. The minimum atomic E-state index is -0.340. The van der Waals surface area contributed by atoms with Gasteiger partial charge in [-0.05, 0) is 49.1 Å². The van der Waals surface area contributed by atoms with Gasteiger partial charge in [0.15, 0.2) is 11.3 Å². The van der Waals surface area contributed by atoms with Gasteiger partial charge in [0.1, 0.15) is 23.8 Å². The van der Waals surface area contributed by atoms with Crippen LogP contribution < -0.4 is 5.32 Å². The number of nitrogens with zero attached hydrogens (tertiary/aromatic N) is 6. The number of H-pyrrole nitrogens is 1. The van der Waals surface area contributed by atoms with Crippen molar-refractivity contribution in [3.63, 3.8) is 0 Å². The predicted octanol–water partition coefficient (Wildman–Crippen LogP) is 2.72. The van der Waals surface area contributed by atoms with Gasteiger partial charge in [0.2, 0.25) is 0 Å². The van der Waals surface area contributed by atoms with E-state index in [0.29, 0.717) is 23.3 Å². The van der Waals surface area contributed by atoms with E-state index in [2.05, 4.69) is 36.5 Å². The zero-order chi connectivity index (χ0) is 22.9. The first kappa shape index (κ1) is 20.8. The molecule has 4 heterocycles. The molecule has 0 spiro atoms. The van der Waals surface area contributed by atoms with Crippen molar-refractivity contribution >= 4 is 17.1 Å². The quantitative estimate of drug-likeness (QED) is 0.485. The minimum Gasteiger partial charge on any atom is -0.370 e. The molecular weight excluding hydrogens is 420 g/mol. The normalized spacial score (nSPS) is 15.6. The number of carbonyl (C=O) groups excluding carboxylic acids is 1. The largest absolute Gasteiger partial charge is 0.370 e. The van der Waals surface area contributed by atoms with Gasteiger partial charge in [-0.15, -0.1) is 0 Å². The second-order valence-electron chi connectivity index (χ2n) is 8.05. The summed E-state index contributed by atoms with van der Waals surface area (Å²) < 4.78 is 7.61. The van der Waals surface area contributed by atoms with Crippen LogP contribution >= 0.6 is 0 Å². The summed E-state index contributed by atoms with van der Waals surface area (Å²) in [5, 5.41) is 19.3. The Morgan fingerprint density at radius 1 is 1.36 bits per heavy atom. The highest BCUT2D eigenvalue weighted by molar-refractivity contribution is 6.02. The van der Waals surface area contributed by atoms with E-state index in [1.54, 1.807) is 18.3 Å². The molecule has 4 aromatic rings. The van der Waals surface area contributed by atoms with Crippen molar-refractivity contribution < 1.29 is 9.53 Å². The Hall–Kier alpha value is -4.10. The molecule has 166 valence electrons. The fourth-order valence-corrected chi connectivity index (χ4v) is 4.22. The maximum atomic E-state index is 13.1. The van der Waals surface area contributed by atoms with Gasteiger partial charge in [-0.2, -0.15) is 10.4 Å². The van der Waals surface area contributed by atoms with E-state index in [1.165, 1.54) is 6.33 Å². The molecule has 1 aromatic carbocycles. The molecule has 0 radical (unpaired) electrons. The zero-order valence-corrected chi connectivity index (χ0v) is 18.3. The third kappa shape index (κ3) is 3.83. The lowest BCUT2D eigenvalue weighted by Crippen LogP contribution is -2.25. The topological polar surface area (TPSA) is 134 Å². The minimum absolute atomic E-state index is 0.0985. The van der Waals surface area contributed by atoms with Crippen LogP contribution in [0.5, 0.6) is 0 Å². The second-order valence-corrected chi connectivity index (χ2v) is 8.05. The number of hydrogen-bond donors (Lipinski definition) is 2. The van der Waals surface area contributed by atoms with Gasteiger partial charge < -0.3 is 14.6 Å². The molecule has 1 saturated heterocycles. The summed E-state index contributed by atoms with van der Waals surface area (Å²) in [6.45, 7) is 2.86. The van der Waals surface area contributed by atoms with E-state index in [4.69, 9.17) is 4.74 Å². The molecule has 0 bridgehead atoms. The standard InChI is InChI=1S/C23H22N8O2/c1-13-17(11-28-30-13)16-7-14(9-24)6-15(8-16)10-25-23(32)19-20-21(27-12-26-19)29-22(31(20)2)18-4-3-5-33-18/h6-8,11-12,18H,3-5,10H2,1-2H3,(H,25,32)(H,28,30). The number of imidazole rings is 1. The first-order valence-electron chi connectivity index (χ1n) is 10.7. The van der Waals surface area contributed by atoms with Gasteiger partial charge >= 0.3 is 0 Å². The molecule has 10 nitrogen and oxygen atoms in total. The van der Waals surface area contributed by atoms with Crippen LogP contribution in [-0.2, 0) is 18.3 Å². The van der Waals surface area contributed by atoms with Crippen LogP contribution in [0.1, 0.15) is 52.1 Å². The predicted molar refractivity (Wildman–Crippen MR) is 119 cm³/mol. The fraction of sp³-hybridized carbons (Fsp3) is 0.304. The molecule has 0 saturated carbocycles. The molecule has 1 unspecified atom stereocenters. The van der Waals surface area contributed by atoms with E-state index in [-0.39, 0.29) is 24.2 Å². The van der Waals surface area contributed by atoms with Gasteiger partial charge in [0, 0.05) is 31.5 Å². The third-order valence-electron chi connectivity index (χ3n) is 5.85. The van der Waals surface area contributed by atoms with Crippen LogP contribution in [0.2, 0.25) is 0 Å². The molecule has 2 N–H and O–H groups in total. The average Bonchev–Trinajstić information content (AvgIpc) is 3.57. The van der Waals surface area contributed by atoms with Crippen molar-refractivity contribution in [2.75, 3.05) is 6.61 Å². The Labute approximate surface area is 189 Å². The molecule has 33 heavy (non-hydrogen) atoms. The molecule has 1 aliphatic heterocycles. The highest BCUT2D eigenvalue weighted by Gasteiger charge is 2.26. The molecule has 10 heteroatoms. The van der Waals surface area contributed by atoms with Crippen molar-refractivity contribution in [2.45, 2.75) is 32.4 Å². The first-order valence-corrected chi connectivity index (χ1v) is 10.7. The van der Waals surface area contributed by atoms with Gasteiger partial charge in [-0.25, -0.2) is 15.0 Å². The highest BCUT2D eigenvalue weighted by atomic mass is 16.5. The van der Waals surface area contributed by atoms with Crippen molar-refractivity contribution in [3.05, 3.63) is 59.1 Å². The first-order chi connectivity index (χ1) is 16.0. The number of nitrogens with one attached hydrogen (secondary N) is 2. The molecule has 1 atom stereocenters. The summed E-state index contributed by atoms with van der Waals surface area (Å²) >= 11 is 0. The fourth-order valence-electron chi connectivity index (χ4n) is 4.22. The summed E-state index contributed by atoms with van der Waals surface area (Å²) in [5.41, 5.74) is 5.27. The Morgan fingerprint density at radius 2 is 2.24 bits per heavy atom. The molecule has 1 aliphatic rings. The molecule has 3 aromatic heterocycles. The van der Waals surface area contributed by atoms with Crippen molar-refractivity contribution in [1.29, 1.82) is 5.26 Å². The average molecular weight is 442 g/mol. The van der Waals surface area contributed by atoms with Crippen molar-refractivity contribution in [2.24, 2.45) is 7.05 Å². The van der Waals surface area contributed by atoms with E-state index in [0.717, 1.165) is 41.1 Å². The van der Waals surface area contributed by atoms with Gasteiger partial charge in [0.05, 0.1) is 17.8 Å². The molecule has 1 fully saturated rings. The summed E-state index contributed by atoms with van der Waals surface area (Å²) in [6, 6.07) is 7.68. The molecule has 1 amide bonds. The van der Waals surface area contributed by atoms with Crippen LogP contribution in [0.25, 0.3) is 22.3 Å². The van der Waals surface area contributed by atoms with Crippen LogP contribution in [0, 0.1) is 18.3 Å². The van der Waals surface area contributed by atoms with Gasteiger partial charge in [-0.3, -0.25) is 9.89 Å². The number of nitriles is 1. The number of benzene rings is 1. The number of rotatable bonds is 5. The lowest BCUT2D eigenvalue weighted by molar-refractivity contribution is 0.0946.